The van der Waals surface area contributed by atoms with Crippen LogP contribution in [0.15, 0.2) is 194 Å². The van der Waals surface area contributed by atoms with E-state index in [2.05, 4.69) is 11.7 Å². The number of carbonyl (C=O) groups is 3. The van der Waals surface area contributed by atoms with Gasteiger partial charge in [-0.25, -0.2) is 8.82 Å². The average Bonchev–Trinajstić information content (AvgIpc) is 3.38. The molecule has 0 aromatic heterocycles. The summed E-state index contributed by atoms with van der Waals surface area (Å²) in [6.07, 6.45) is 0.250. The van der Waals surface area contributed by atoms with Crippen molar-refractivity contribution < 1.29 is 337 Å². The predicted molar refractivity (Wildman–Crippen MR) is 258 cm³/mol. The van der Waals surface area contributed by atoms with Gasteiger partial charge in [-0.05, 0) is 106 Å². The van der Waals surface area contributed by atoms with Crippen molar-refractivity contribution in [1.29, 1.82) is 0 Å². The topological polar surface area (TPSA) is 279 Å². The third kappa shape index (κ3) is 38.0. The number of hydrogen-bond donors (Lipinski definition) is 2. The normalized spacial score (nSPS) is 8.48. The third-order valence-electron chi connectivity index (χ3n) is 8.81. The second-order valence-electron chi connectivity index (χ2n) is 14.2. The van der Waals surface area contributed by atoms with Gasteiger partial charge in [-0.3, -0.25) is 14.4 Å². The molecular formula is C56H49FK5O15+. The van der Waals surface area contributed by atoms with Gasteiger partial charge in [0.2, 0.25) is 0 Å². The van der Waals surface area contributed by atoms with Gasteiger partial charge in [-0.15, -0.1) is 17.2 Å². The van der Waals surface area contributed by atoms with Gasteiger partial charge in [0, 0.05) is 34.4 Å². The van der Waals surface area contributed by atoms with Crippen LogP contribution in [-0.4, -0.2) is 46.7 Å². The Hall–Kier alpha value is -1.55. The molecule has 0 saturated carbocycles. The van der Waals surface area contributed by atoms with Crippen LogP contribution < -0.4 is 282 Å². The van der Waals surface area contributed by atoms with Gasteiger partial charge in [-0.1, -0.05) is 114 Å². The first-order chi connectivity index (χ1) is 34.0. The molecule has 8 rings (SSSR count). The molecule has 0 aliphatic carbocycles. The summed E-state index contributed by atoms with van der Waals surface area (Å²) in [4.78, 5) is 51.9. The molecule has 15 nitrogen and oxygen atoms in total. The number of phenolic OH excluding ortho intramolecular Hbond substituents is 2. The zero-order valence-electron chi connectivity index (χ0n) is 44.9. The molecule has 8 aromatic carbocycles. The Balaban J connectivity index is -0.000000210. The van der Waals surface area contributed by atoms with Gasteiger partial charge >= 0.3 is 269 Å². The Bertz CT molecular complexity index is 2650. The minimum atomic E-state index is -0.333. The molecular weight excluding hydrogens is 1130 g/mol. The zero-order chi connectivity index (χ0) is 52.6. The summed E-state index contributed by atoms with van der Waals surface area (Å²) in [6, 6.07) is 52.2. The smallest absolute Gasteiger partial charge is 1.00 e. The second-order valence-corrected chi connectivity index (χ2v) is 14.2. The molecule has 0 heterocycles. The van der Waals surface area contributed by atoms with Crippen LogP contribution in [0.3, 0.4) is 0 Å². The van der Waals surface area contributed by atoms with E-state index in [1.165, 1.54) is 72.8 Å². The van der Waals surface area contributed by atoms with E-state index in [1.54, 1.807) is 72.8 Å². The van der Waals surface area contributed by atoms with Gasteiger partial charge in [0.25, 0.3) is 13.3 Å². The van der Waals surface area contributed by atoms with Crippen LogP contribution in [0.4, 0.5) is 4.39 Å². The van der Waals surface area contributed by atoms with Crippen molar-refractivity contribution in [1.82, 2.24) is 0 Å². The van der Waals surface area contributed by atoms with Crippen LogP contribution in [0.1, 0.15) is 50.0 Å². The molecule has 4 N–H and O–H groups in total. The Labute approximate surface area is 660 Å². The minimum Gasteiger partial charge on any atom is -1.00 e. The van der Waals surface area contributed by atoms with Crippen molar-refractivity contribution in [2.24, 2.45) is 0 Å². The number of aryl methyl sites for hydroxylation is 3. The molecule has 0 fully saturated rings. The van der Waals surface area contributed by atoms with E-state index < -0.39 is 0 Å². The summed E-state index contributed by atoms with van der Waals surface area (Å²) in [6.45, 7) is 9.09. The van der Waals surface area contributed by atoms with E-state index in [4.69, 9.17) is 39.0 Å². The second kappa shape index (κ2) is 50.2. The molecule has 0 atom stereocenters. The number of ether oxygens (including phenoxy) is 1. The molecule has 0 bridgehead atoms. The van der Waals surface area contributed by atoms with E-state index >= 15 is 0 Å². The minimum absolute atomic E-state index is 0. The van der Waals surface area contributed by atoms with Crippen LogP contribution in [0.5, 0.6) is 46.0 Å². The molecule has 0 amide bonds. The Kier molecular flexibility index (Phi) is 54.9. The van der Waals surface area contributed by atoms with Crippen molar-refractivity contribution >= 4 is 31.0 Å². The molecule has 0 aliphatic rings. The van der Waals surface area contributed by atoms with E-state index in [-0.39, 0.29) is 323 Å². The number of ketones is 2. The van der Waals surface area contributed by atoms with E-state index in [1.807, 2.05) is 69.3 Å². The monoisotopic (exact) mass is 1180 g/mol. The quantitative estimate of drug-likeness (QED) is 0.0273. The molecule has 8 aromatic rings. The number of carbonyl (C=O) groups excluding carboxylic acids is 6. The van der Waals surface area contributed by atoms with Crippen LogP contribution in [0.25, 0.3) is 0 Å². The van der Waals surface area contributed by atoms with Gasteiger partial charge in [0.15, 0.2) is 11.6 Å². The summed E-state index contributed by atoms with van der Waals surface area (Å²) >= 11 is 0. The summed E-state index contributed by atoms with van der Waals surface area (Å²) < 4.78 is 23.3. The maximum Gasteiger partial charge on any atom is 1.00 e. The van der Waals surface area contributed by atoms with E-state index in [0.29, 0.717) is 39.5 Å². The first-order valence-corrected chi connectivity index (χ1v) is 20.7. The van der Waals surface area contributed by atoms with Crippen LogP contribution >= 0.6 is 0 Å². The molecule has 374 valence electrons. The molecule has 0 saturated heterocycles. The fourth-order valence-electron chi connectivity index (χ4n) is 5.19. The number of halogens is 1. The average molecular weight is 1180 g/mol. The van der Waals surface area contributed by atoms with Gasteiger partial charge in [0.1, 0.15) is 28.8 Å². The number of hydrogen-bond acceptors (Lipinski definition) is 13. The first-order valence-electron chi connectivity index (χ1n) is 20.7. The SMILES string of the molecule is C=[O+]c1ccc(Oc2ccc(C(=O)c3ccc(C)cc3)cc2)cc1.Cc1ccc(C(=O)c2ccc(F)cc2)cc1.Cc1ccc([O-])cc1.O.O=C=O.O=CO[O-].Oc1ccc(O)cc1.[H-].[K+].[K+].[K+].[K+].[K+].[O-]c1ccc([O-])cc1. The van der Waals surface area contributed by atoms with Crippen molar-refractivity contribution in [2.45, 2.75) is 20.8 Å². The van der Waals surface area contributed by atoms with Gasteiger partial charge < -0.3 is 47.3 Å². The maximum absolute atomic E-state index is 12.7. The molecule has 0 aliphatic heterocycles. The van der Waals surface area contributed by atoms with Crippen LogP contribution in [0, 0.1) is 26.6 Å². The fourth-order valence-corrected chi connectivity index (χ4v) is 5.19. The number of aromatic hydroxyl groups is 2. The molecule has 0 spiro atoms. The van der Waals surface area contributed by atoms with Crippen LogP contribution in [-0.2, 0) is 23.7 Å². The predicted octanol–water partition coefficient (Wildman–Crippen LogP) is -7.38. The molecule has 0 unspecified atom stereocenters. The van der Waals surface area contributed by atoms with Crippen LogP contribution in [0.2, 0.25) is 0 Å². The molecule has 21 heteroatoms. The summed E-state index contributed by atoms with van der Waals surface area (Å²) in [5.41, 5.74) is 5.80. The Morgan fingerprint density at radius 3 is 1.00 bits per heavy atom. The van der Waals surface area contributed by atoms with E-state index in [9.17, 15) is 29.3 Å². The Morgan fingerprint density at radius 2 is 0.740 bits per heavy atom. The summed E-state index contributed by atoms with van der Waals surface area (Å²) in [5.74, 6) is 1.78. The first kappa shape index (κ1) is 84.3. The third-order valence-corrected chi connectivity index (χ3v) is 8.81. The Morgan fingerprint density at radius 1 is 0.506 bits per heavy atom. The van der Waals surface area contributed by atoms with Crippen molar-refractivity contribution in [2.75, 3.05) is 0 Å². The van der Waals surface area contributed by atoms with Crippen molar-refractivity contribution in [3.05, 3.63) is 239 Å². The fraction of sp³-hybridized carbons (Fsp3) is 0.0536. The maximum atomic E-state index is 12.7. The zero-order valence-corrected chi connectivity index (χ0v) is 59.5. The molecule has 77 heavy (non-hydrogen) atoms. The standard InChI is InChI=1S/C21H17O3.C14H11FO.C7H8O.2C6H6O2.CH2O3.CO2.5K.H2O.H/c1-15-3-5-16(6-4-15)21(22)17-7-9-19(10-8-17)24-20-13-11-18(23-2)12-14-20;1-10-2-4-11(5-3-10)14(16)12-6-8-13(15)9-7-12;1-6-2-4-7(8)5-3-6;2*7-5-1-2-6(8)4-3-5;2-1-4-3;2-1-3;;;;;;;/h3-14H,2H2,1H3;2-9H,1H3;2-5,8H,1H3;2*1-4,7-8H;1,3H;;;;;;;1H2;/q+1;;;;;;;5*+1;;-1/p-4. The number of benzene rings is 8. The number of rotatable bonds is 8. The largest absolute Gasteiger partial charge is 1.00 e. The van der Waals surface area contributed by atoms with Crippen molar-refractivity contribution in [3.63, 3.8) is 0 Å². The summed E-state index contributed by atoms with van der Waals surface area (Å²) in [5, 5.41) is 56.7. The summed E-state index contributed by atoms with van der Waals surface area (Å²) in [7, 11) is 0. The number of phenols is 2. The van der Waals surface area contributed by atoms with Crippen molar-refractivity contribution in [3.8, 4) is 46.0 Å². The van der Waals surface area contributed by atoms with Gasteiger partial charge in [-0.2, -0.15) is 9.59 Å². The molecule has 0 radical (unpaired) electrons. The van der Waals surface area contributed by atoms with Gasteiger partial charge in [0.05, 0.1) is 0 Å². The van der Waals surface area contributed by atoms with E-state index in [0.717, 1.165) is 16.7 Å².